The standard InChI is InChI=1S/C14H14BrNO3/c1-18-12-3-5-13(6-4-12)19-9-8-16-10-11(15)2-7-14(16)17/h2-7,10H,8-9H2,1H3. The van der Waals surface area contributed by atoms with Crippen molar-refractivity contribution in [2.45, 2.75) is 6.54 Å². The van der Waals surface area contributed by atoms with Crippen molar-refractivity contribution >= 4 is 15.9 Å². The third-order valence-corrected chi connectivity index (χ3v) is 3.08. The lowest BCUT2D eigenvalue weighted by Gasteiger charge is -2.09. The number of rotatable bonds is 5. The maximum absolute atomic E-state index is 11.6. The van der Waals surface area contributed by atoms with Gasteiger partial charge < -0.3 is 14.0 Å². The SMILES string of the molecule is COc1ccc(OCCn2cc(Br)ccc2=O)cc1. The van der Waals surface area contributed by atoms with Gasteiger partial charge in [0.05, 0.1) is 13.7 Å². The fourth-order valence-electron chi connectivity index (χ4n) is 1.61. The normalized spacial score (nSPS) is 10.2. The second kappa shape index (κ2) is 6.43. The van der Waals surface area contributed by atoms with Gasteiger partial charge in [-0.15, -0.1) is 0 Å². The smallest absolute Gasteiger partial charge is 0.250 e. The molecule has 1 heterocycles. The quantitative estimate of drug-likeness (QED) is 0.849. The lowest BCUT2D eigenvalue weighted by Crippen LogP contribution is -2.21. The highest BCUT2D eigenvalue weighted by atomic mass is 79.9. The van der Waals surface area contributed by atoms with E-state index in [0.29, 0.717) is 13.2 Å². The van der Waals surface area contributed by atoms with Crippen molar-refractivity contribution in [3.8, 4) is 11.5 Å². The number of benzene rings is 1. The Morgan fingerprint density at radius 2 is 1.79 bits per heavy atom. The summed E-state index contributed by atoms with van der Waals surface area (Å²) in [5.74, 6) is 1.54. The number of methoxy groups -OCH3 is 1. The van der Waals surface area contributed by atoms with Crippen LogP contribution in [-0.2, 0) is 6.54 Å². The summed E-state index contributed by atoms with van der Waals surface area (Å²) in [5.41, 5.74) is -0.0402. The van der Waals surface area contributed by atoms with Crippen LogP contribution in [0.3, 0.4) is 0 Å². The molecule has 1 aromatic heterocycles. The summed E-state index contributed by atoms with van der Waals surface area (Å²) in [4.78, 5) is 11.6. The summed E-state index contributed by atoms with van der Waals surface area (Å²) in [5, 5.41) is 0. The van der Waals surface area contributed by atoms with Gasteiger partial charge in [0, 0.05) is 16.7 Å². The molecular weight excluding hydrogens is 310 g/mol. The molecule has 0 unspecified atom stereocenters. The Morgan fingerprint density at radius 3 is 2.47 bits per heavy atom. The number of halogens is 1. The average molecular weight is 324 g/mol. The van der Waals surface area contributed by atoms with Gasteiger partial charge in [-0.05, 0) is 46.3 Å². The van der Waals surface area contributed by atoms with Crippen molar-refractivity contribution in [1.29, 1.82) is 0 Å². The van der Waals surface area contributed by atoms with Crippen LogP contribution in [0.25, 0.3) is 0 Å². The highest BCUT2D eigenvalue weighted by Crippen LogP contribution is 2.16. The third kappa shape index (κ3) is 3.86. The van der Waals surface area contributed by atoms with Gasteiger partial charge in [-0.2, -0.15) is 0 Å². The van der Waals surface area contributed by atoms with Crippen molar-refractivity contribution in [3.05, 3.63) is 57.4 Å². The zero-order valence-electron chi connectivity index (χ0n) is 10.5. The highest BCUT2D eigenvalue weighted by Gasteiger charge is 1.99. The minimum absolute atomic E-state index is 0.0402. The van der Waals surface area contributed by atoms with Crippen LogP contribution in [0, 0.1) is 0 Å². The zero-order valence-corrected chi connectivity index (χ0v) is 12.1. The van der Waals surface area contributed by atoms with E-state index in [9.17, 15) is 4.79 Å². The van der Waals surface area contributed by atoms with Crippen molar-refractivity contribution in [2.24, 2.45) is 0 Å². The van der Waals surface area contributed by atoms with Gasteiger partial charge in [-0.3, -0.25) is 4.79 Å². The van der Waals surface area contributed by atoms with Crippen LogP contribution in [0.2, 0.25) is 0 Å². The molecule has 0 spiro atoms. The second-order valence-electron chi connectivity index (χ2n) is 3.90. The monoisotopic (exact) mass is 323 g/mol. The van der Waals surface area contributed by atoms with Gasteiger partial charge >= 0.3 is 0 Å². The average Bonchev–Trinajstić information content (AvgIpc) is 2.43. The van der Waals surface area contributed by atoms with E-state index in [0.717, 1.165) is 16.0 Å². The first-order chi connectivity index (χ1) is 9.19. The molecule has 2 aromatic rings. The molecule has 4 nitrogen and oxygen atoms in total. The number of hydrogen-bond donors (Lipinski definition) is 0. The maximum Gasteiger partial charge on any atom is 0.250 e. The van der Waals surface area contributed by atoms with Crippen molar-refractivity contribution < 1.29 is 9.47 Å². The van der Waals surface area contributed by atoms with E-state index in [1.165, 1.54) is 6.07 Å². The first kappa shape index (κ1) is 13.7. The predicted octanol–water partition coefficient (Wildman–Crippen LogP) is 2.70. The summed E-state index contributed by atoms with van der Waals surface area (Å²) in [6.07, 6.45) is 1.75. The molecule has 1 aromatic carbocycles. The van der Waals surface area contributed by atoms with Crippen LogP contribution in [-0.4, -0.2) is 18.3 Å². The summed E-state index contributed by atoms with van der Waals surface area (Å²) < 4.78 is 13.1. The van der Waals surface area contributed by atoms with E-state index in [4.69, 9.17) is 9.47 Å². The molecule has 0 saturated carbocycles. The van der Waals surface area contributed by atoms with E-state index in [1.54, 1.807) is 23.9 Å². The molecule has 5 heteroatoms. The van der Waals surface area contributed by atoms with Crippen LogP contribution in [0.4, 0.5) is 0 Å². The van der Waals surface area contributed by atoms with Crippen LogP contribution in [0.5, 0.6) is 11.5 Å². The molecular formula is C14H14BrNO3. The zero-order chi connectivity index (χ0) is 13.7. The first-order valence-corrected chi connectivity index (χ1v) is 6.61. The Kier molecular flexibility index (Phi) is 4.63. The highest BCUT2D eigenvalue weighted by molar-refractivity contribution is 9.10. The fourth-order valence-corrected chi connectivity index (χ4v) is 1.99. The molecule has 0 atom stereocenters. The molecule has 0 radical (unpaired) electrons. The minimum atomic E-state index is -0.0402. The molecule has 0 N–H and O–H groups in total. The van der Waals surface area contributed by atoms with Crippen LogP contribution >= 0.6 is 15.9 Å². The Hall–Kier alpha value is -1.75. The predicted molar refractivity (Wildman–Crippen MR) is 76.9 cm³/mol. The molecule has 0 aliphatic heterocycles. The van der Waals surface area contributed by atoms with Gasteiger partial charge in [0.2, 0.25) is 0 Å². The molecule has 19 heavy (non-hydrogen) atoms. The Balaban J connectivity index is 1.92. The summed E-state index contributed by atoms with van der Waals surface area (Å²) >= 11 is 3.33. The molecule has 0 aliphatic carbocycles. The fraction of sp³-hybridized carbons (Fsp3) is 0.214. The Bertz CT molecular complexity index is 592. The largest absolute Gasteiger partial charge is 0.497 e. The van der Waals surface area contributed by atoms with E-state index >= 15 is 0 Å². The summed E-state index contributed by atoms with van der Waals surface area (Å²) in [6.45, 7) is 0.937. The molecule has 0 saturated heterocycles. The Morgan fingerprint density at radius 1 is 1.11 bits per heavy atom. The maximum atomic E-state index is 11.6. The van der Waals surface area contributed by atoms with Crippen molar-refractivity contribution in [1.82, 2.24) is 4.57 Å². The van der Waals surface area contributed by atoms with E-state index in [-0.39, 0.29) is 5.56 Å². The molecule has 0 aliphatic rings. The molecule has 0 bridgehead atoms. The Labute approximate surface area is 119 Å². The molecule has 100 valence electrons. The number of nitrogens with zero attached hydrogens (tertiary/aromatic N) is 1. The van der Waals surface area contributed by atoms with Gasteiger partial charge in [0.15, 0.2) is 0 Å². The van der Waals surface area contributed by atoms with Gasteiger partial charge in [0.1, 0.15) is 18.1 Å². The van der Waals surface area contributed by atoms with Crippen molar-refractivity contribution in [2.75, 3.05) is 13.7 Å². The topological polar surface area (TPSA) is 40.5 Å². The van der Waals surface area contributed by atoms with Crippen LogP contribution in [0.1, 0.15) is 0 Å². The van der Waals surface area contributed by atoms with Crippen LogP contribution in [0.15, 0.2) is 51.9 Å². The van der Waals surface area contributed by atoms with Gasteiger partial charge in [-0.25, -0.2) is 0 Å². The lowest BCUT2D eigenvalue weighted by molar-refractivity contribution is 0.295. The van der Waals surface area contributed by atoms with E-state index in [2.05, 4.69) is 15.9 Å². The lowest BCUT2D eigenvalue weighted by atomic mass is 10.3. The molecule has 0 amide bonds. The van der Waals surface area contributed by atoms with Crippen molar-refractivity contribution in [3.63, 3.8) is 0 Å². The van der Waals surface area contributed by atoms with Gasteiger partial charge in [-0.1, -0.05) is 0 Å². The van der Waals surface area contributed by atoms with Gasteiger partial charge in [0.25, 0.3) is 5.56 Å². The summed E-state index contributed by atoms with van der Waals surface area (Å²) in [6, 6.07) is 10.6. The van der Waals surface area contributed by atoms with Crippen LogP contribution < -0.4 is 15.0 Å². The number of aromatic nitrogens is 1. The third-order valence-electron chi connectivity index (χ3n) is 2.61. The molecule has 0 fully saturated rings. The minimum Gasteiger partial charge on any atom is -0.497 e. The summed E-state index contributed by atoms with van der Waals surface area (Å²) in [7, 11) is 1.62. The second-order valence-corrected chi connectivity index (χ2v) is 4.82. The van der Waals surface area contributed by atoms with E-state index < -0.39 is 0 Å². The number of pyridine rings is 1. The molecule has 2 rings (SSSR count). The first-order valence-electron chi connectivity index (χ1n) is 5.82. The van der Waals surface area contributed by atoms with E-state index in [1.807, 2.05) is 24.3 Å². The number of hydrogen-bond acceptors (Lipinski definition) is 3. The number of ether oxygens (including phenoxy) is 2.